The van der Waals surface area contributed by atoms with Gasteiger partial charge in [-0.1, -0.05) is 0 Å². The van der Waals surface area contributed by atoms with E-state index in [2.05, 4.69) is 15.4 Å². The highest BCUT2D eigenvalue weighted by atomic mass is 16.5. The first-order chi connectivity index (χ1) is 9.21. The minimum absolute atomic E-state index is 0.0800. The monoisotopic (exact) mass is 261 g/mol. The molecule has 0 aliphatic heterocycles. The first-order valence-electron chi connectivity index (χ1n) is 5.73. The van der Waals surface area contributed by atoms with Gasteiger partial charge in [0.2, 0.25) is 11.8 Å². The van der Waals surface area contributed by atoms with Gasteiger partial charge in [-0.2, -0.15) is 9.97 Å². The number of nitrogen functional groups attached to an aromatic ring is 2. The van der Waals surface area contributed by atoms with Crippen LogP contribution in [0.3, 0.4) is 0 Å². The number of benzene rings is 1. The number of anilines is 2. The number of ether oxygens (including phenoxy) is 2. The van der Waals surface area contributed by atoms with Gasteiger partial charge in [0.1, 0.15) is 17.3 Å². The Morgan fingerprint density at radius 2 is 1.84 bits per heavy atom. The maximum Gasteiger partial charge on any atom is 0.226 e. The van der Waals surface area contributed by atoms with Crippen molar-refractivity contribution in [2.45, 2.75) is 6.92 Å². The van der Waals surface area contributed by atoms with Crippen LogP contribution in [0.4, 0.5) is 11.8 Å². The van der Waals surface area contributed by atoms with Crippen LogP contribution in [-0.2, 0) is 0 Å². The van der Waals surface area contributed by atoms with E-state index in [0.717, 1.165) is 5.75 Å². The molecule has 0 aliphatic rings. The summed E-state index contributed by atoms with van der Waals surface area (Å²) in [6.07, 6.45) is 0. The van der Waals surface area contributed by atoms with Gasteiger partial charge in [-0.05, 0) is 31.2 Å². The number of hydrogen-bond acceptors (Lipinski definition) is 7. The third-order valence-corrected chi connectivity index (χ3v) is 2.22. The van der Waals surface area contributed by atoms with E-state index < -0.39 is 0 Å². The molecule has 19 heavy (non-hydrogen) atoms. The molecule has 0 atom stereocenters. The van der Waals surface area contributed by atoms with Gasteiger partial charge < -0.3 is 20.6 Å². The van der Waals surface area contributed by atoms with E-state index in [1.54, 1.807) is 18.2 Å². The smallest absolute Gasteiger partial charge is 0.226 e. The average Bonchev–Trinajstić information content (AvgIpc) is 2.40. The molecule has 0 radical (unpaired) electrons. The summed E-state index contributed by atoms with van der Waals surface area (Å²) in [7, 11) is 0. The lowest BCUT2D eigenvalue weighted by molar-refractivity contribution is 0.339. The molecule has 7 nitrogen and oxygen atoms in total. The highest BCUT2D eigenvalue weighted by Crippen LogP contribution is 2.24. The zero-order valence-electron chi connectivity index (χ0n) is 10.5. The molecule has 0 aliphatic carbocycles. The van der Waals surface area contributed by atoms with Crippen LogP contribution in [0.1, 0.15) is 6.92 Å². The molecule has 0 spiro atoms. The lowest BCUT2D eigenvalue weighted by Crippen LogP contribution is -2.10. The molecular weight excluding hydrogens is 246 g/mol. The van der Waals surface area contributed by atoms with Crippen LogP contribution < -0.4 is 26.5 Å². The summed E-state index contributed by atoms with van der Waals surface area (Å²) in [5, 5.41) is 0. The molecule has 0 saturated heterocycles. The van der Waals surface area contributed by atoms with Gasteiger partial charge >= 0.3 is 0 Å². The van der Waals surface area contributed by atoms with Crippen LogP contribution in [-0.4, -0.2) is 16.6 Å². The zero-order chi connectivity index (χ0) is 13.7. The Hall–Kier alpha value is -2.54. The molecule has 1 aromatic heterocycles. The molecule has 0 amide bonds. The van der Waals surface area contributed by atoms with Crippen LogP contribution >= 0.6 is 0 Å². The fraction of sp³-hybridized carbons (Fsp3) is 0.167. The van der Waals surface area contributed by atoms with Crippen LogP contribution in [0.15, 0.2) is 30.3 Å². The second kappa shape index (κ2) is 5.87. The Morgan fingerprint density at radius 3 is 2.47 bits per heavy atom. The first-order valence-corrected chi connectivity index (χ1v) is 5.73. The molecule has 0 bridgehead atoms. The summed E-state index contributed by atoms with van der Waals surface area (Å²) in [5.41, 5.74) is 7.92. The van der Waals surface area contributed by atoms with Gasteiger partial charge in [0.15, 0.2) is 0 Å². The van der Waals surface area contributed by atoms with Crippen LogP contribution in [0.25, 0.3) is 0 Å². The number of hydrogen-bond donors (Lipinski definition) is 3. The van der Waals surface area contributed by atoms with Crippen LogP contribution in [0.2, 0.25) is 0 Å². The minimum atomic E-state index is 0.0800. The van der Waals surface area contributed by atoms with Crippen molar-refractivity contribution in [3.8, 4) is 17.4 Å². The number of nitrogens with one attached hydrogen (secondary N) is 1. The molecule has 1 heterocycles. The highest BCUT2D eigenvalue weighted by molar-refractivity contribution is 5.43. The number of hydrazine groups is 1. The molecule has 0 saturated carbocycles. The zero-order valence-corrected chi connectivity index (χ0v) is 10.5. The Labute approximate surface area is 110 Å². The van der Waals surface area contributed by atoms with Gasteiger partial charge in [0.05, 0.1) is 6.61 Å². The van der Waals surface area contributed by atoms with Gasteiger partial charge in [-0.25, -0.2) is 5.84 Å². The molecule has 2 aromatic rings. The van der Waals surface area contributed by atoms with Gasteiger partial charge in [-0.3, -0.25) is 0 Å². The van der Waals surface area contributed by atoms with Crippen molar-refractivity contribution in [2.75, 3.05) is 17.8 Å². The summed E-state index contributed by atoms with van der Waals surface area (Å²) >= 11 is 0. The van der Waals surface area contributed by atoms with E-state index in [-0.39, 0.29) is 5.95 Å². The van der Waals surface area contributed by atoms with Crippen molar-refractivity contribution < 1.29 is 9.47 Å². The quantitative estimate of drug-likeness (QED) is 0.553. The van der Waals surface area contributed by atoms with Gasteiger partial charge in [0, 0.05) is 6.07 Å². The van der Waals surface area contributed by atoms with Crippen LogP contribution in [0, 0.1) is 0 Å². The SMILES string of the molecule is CCOc1ccc(Oc2cc(NN)nc(N)n2)cc1. The fourth-order valence-electron chi connectivity index (χ4n) is 1.46. The second-order valence-electron chi connectivity index (χ2n) is 3.60. The predicted octanol–water partition coefficient (Wildman–Crippen LogP) is 1.54. The Morgan fingerprint density at radius 1 is 1.16 bits per heavy atom. The van der Waals surface area contributed by atoms with Gasteiger partial charge in [-0.15, -0.1) is 0 Å². The van der Waals surface area contributed by atoms with E-state index in [0.29, 0.717) is 24.1 Å². The van der Waals surface area contributed by atoms with E-state index in [9.17, 15) is 0 Å². The molecule has 5 N–H and O–H groups in total. The molecule has 7 heteroatoms. The molecular formula is C12H15N5O2. The number of aromatic nitrogens is 2. The largest absolute Gasteiger partial charge is 0.494 e. The van der Waals surface area contributed by atoms with Gasteiger partial charge in [0.25, 0.3) is 0 Å². The van der Waals surface area contributed by atoms with Crippen molar-refractivity contribution in [1.82, 2.24) is 9.97 Å². The van der Waals surface area contributed by atoms with Crippen molar-refractivity contribution in [2.24, 2.45) is 5.84 Å². The third kappa shape index (κ3) is 3.46. The van der Waals surface area contributed by atoms with Crippen molar-refractivity contribution in [1.29, 1.82) is 0 Å². The fourth-order valence-corrected chi connectivity index (χ4v) is 1.46. The highest BCUT2D eigenvalue weighted by Gasteiger charge is 2.04. The Bertz CT molecular complexity index is 544. The second-order valence-corrected chi connectivity index (χ2v) is 3.60. The molecule has 0 unspecified atom stereocenters. The first kappa shape index (κ1) is 12.9. The lowest BCUT2D eigenvalue weighted by Gasteiger charge is -2.08. The average molecular weight is 261 g/mol. The third-order valence-electron chi connectivity index (χ3n) is 2.22. The van der Waals surface area contributed by atoms with Crippen molar-refractivity contribution in [3.05, 3.63) is 30.3 Å². The molecule has 100 valence electrons. The summed E-state index contributed by atoms with van der Waals surface area (Å²) in [6.45, 7) is 2.55. The summed E-state index contributed by atoms with van der Waals surface area (Å²) in [5.74, 6) is 7.43. The normalized spacial score (nSPS) is 10.0. The molecule has 2 rings (SSSR count). The summed E-state index contributed by atoms with van der Waals surface area (Å²) in [6, 6.07) is 8.72. The lowest BCUT2D eigenvalue weighted by atomic mass is 10.3. The summed E-state index contributed by atoms with van der Waals surface area (Å²) in [4.78, 5) is 7.82. The maximum absolute atomic E-state index is 5.55. The minimum Gasteiger partial charge on any atom is -0.494 e. The van der Waals surface area contributed by atoms with E-state index in [1.165, 1.54) is 0 Å². The predicted molar refractivity (Wildman–Crippen MR) is 71.9 cm³/mol. The van der Waals surface area contributed by atoms with E-state index in [4.69, 9.17) is 21.1 Å². The van der Waals surface area contributed by atoms with E-state index >= 15 is 0 Å². The molecule has 1 aromatic carbocycles. The number of nitrogens with zero attached hydrogens (tertiary/aromatic N) is 2. The number of rotatable bonds is 5. The summed E-state index contributed by atoms with van der Waals surface area (Å²) < 4.78 is 10.9. The standard InChI is InChI=1S/C12H15N5O2/c1-2-18-8-3-5-9(6-4-8)19-11-7-10(17-14)15-12(13)16-11/h3-7H,2,14H2,1H3,(H3,13,15,16,17). The van der Waals surface area contributed by atoms with Crippen molar-refractivity contribution >= 4 is 11.8 Å². The topological polar surface area (TPSA) is 108 Å². The Kier molecular flexibility index (Phi) is 3.99. The maximum atomic E-state index is 5.55. The van der Waals surface area contributed by atoms with Crippen molar-refractivity contribution in [3.63, 3.8) is 0 Å². The van der Waals surface area contributed by atoms with Crippen LogP contribution in [0.5, 0.6) is 17.4 Å². The van der Waals surface area contributed by atoms with E-state index in [1.807, 2.05) is 19.1 Å². The Balaban J connectivity index is 2.14. The molecule has 0 fully saturated rings. The number of nitrogens with two attached hydrogens (primary N) is 2.